The van der Waals surface area contributed by atoms with Gasteiger partial charge in [-0.3, -0.25) is 9.36 Å². The molecule has 0 saturated carbocycles. The van der Waals surface area contributed by atoms with E-state index in [1.54, 1.807) is 23.2 Å². The van der Waals surface area contributed by atoms with Gasteiger partial charge in [0.25, 0.3) is 5.56 Å². The third-order valence-electron chi connectivity index (χ3n) is 5.75. The third-order valence-corrected chi connectivity index (χ3v) is 6.07. The molecule has 0 unspecified atom stereocenters. The minimum absolute atomic E-state index is 0.138. The van der Waals surface area contributed by atoms with Crippen molar-refractivity contribution in [3.8, 4) is 5.69 Å². The van der Waals surface area contributed by atoms with Gasteiger partial charge in [0.05, 0.1) is 28.3 Å². The van der Waals surface area contributed by atoms with Crippen molar-refractivity contribution in [1.29, 1.82) is 0 Å². The van der Waals surface area contributed by atoms with Crippen LogP contribution in [-0.4, -0.2) is 19.5 Å². The molecule has 3 heterocycles. The summed E-state index contributed by atoms with van der Waals surface area (Å²) in [6.45, 7) is 4.33. The number of benzene rings is 2. The summed E-state index contributed by atoms with van der Waals surface area (Å²) < 4.78 is 1.76. The molecule has 0 saturated heterocycles. The molecule has 0 bridgehead atoms. The number of anilines is 1. The van der Waals surface area contributed by atoms with Crippen LogP contribution in [0.5, 0.6) is 0 Å². The van der Waals surface area contributed by atoms with E-state index >= 15 is 0 Å². The molecule has 0 radical (unpaired) electrons. The first kappa shape index (κ1) is 21.2. The number of pyridine rings is 2. The van der Waals surface area contributed by atoms with E-state index in [1.807, 2.05) is 48.5 Å². The zero-order valence-electron chi connectivity index (χ0n) is 18.4. The van der Waals surface area contributed by atoms with Crippen LogP contribution < -0.4 is 10.9 Å². The molecule has 5 rings (SSSR count). The van der Waals surface area contributed by atoms with Crippen LogP contribution in [0.1, 0.15) is 32.0 Å². The maximum atomic E-state index is 13.8. The van der Waals surface area contributed by atoms with Crippen molar-refractivity contribution in [2.45, 2.75) is 26.3 Å². The fourth-order valence-corrected chi connectivity index (χ4v) is 4.57. The molecule has 0 aliphatic carbocycles. The average Bonchev–Trinajstić information content (AvgIpc) is 3.29. The Labute approximate surface area is 196 Å². The standard InChI is InChI=1S/C26H24ClN5O/c1-16(2)13-21(31-25-24-20(11-12-28-25)29-15-30-24)22-14-17-7-6-10-19(27)23(17)26(33)32(22)18-8-4-3-5-9-18/h3-12,14-16,21H,13H2,1-2H3,(H,28,31)(H,29,30)/t21-/m0/s1. The summed E-state index contributed by atoms with van der Waals surface area (Å²) in [4.78, 5) is 25.9. The maximum Gasteiger partial charge on any atom is 0.264 e. The topological polar surface area (TPSA) is 75.6 Å². The Morgan fingerprint density at radius 2 is 1.88 bits per heavy atom. The lowest BCUT2D eigenvalue weighted by atomic mass is 9.98. The number of nitrogens with zero attached hydrogens (tertiary/aromatic N) is 3. The zero-order valence-corrected chi connectivity index (χ0v) is 19.2. The molecular formula is C26H24ClN5O. The smallest absolute Gasteiger partial charge is 0.264 e. The van der Waals surface area contributed by atoms with E-state index in [0.717, 1.165) is 34.2 Å². The van der Waals surface area contributed by atoms with Crippen LogP contribution in [0, 0.1) is 5.92 Å². The van der Waals surface area contributed by atoms with Crippen molar-refractivity contribution in [2.24, 2.45) is 5.92 Å². The molecule has 1 atom stereocenters. The molecule has 0 aliphatic rings. The summed E-state index contributed by atoms with van der Waals surface area (Å²) >= 11 is 6.47. The highest BCUT2D eigenvalue weighted by Crippen LogP contribution is 2.31. The highest BCUT2D eigenvalue weighted by atomic mass is 35.5. The van der Waals surface area contributed by atoms with E-state index in [9.17, 15) is 4.79 Å². The summed E-state index contributed by atoms with van der Waals surface area (Å²) in [5.74, 6) is 1.05. The number of para-hydroxylation sites is 1. The van der Waals surface area contributed by atoms with E-state index in [-0.39, 0.29) is 11.6 Å². The fourth-order valence-electron chi connectivity index (χ4n) is 4.30. The van der Waals surface area contributed by atoms with Gasteiger partial charge in [-0.2, -0.15) is 0 Å². The van der Waals surface area contributed by atoms with Gasteiger partial charge in [0.1, 0.15) is 5.52 Å². The fraction of sp³-hybridized carbons (Fsp3) is 0.192. The number of aromatic nitrogens is 4. The third kappa shape index (κ3) is 3.98. The highest BCUT2D eigenvalue weighted by molar-refractivity contribution is 6.35. The number of halogens is 1. The molecule has 0 amide bonds. The Bertz CT molecular complexity index is 1490. The summed E-state index contributed by atoms with van der Waals surface area (Å²) in [5, 5.41) is 5.37. The molecule has 33 heavy (non-hydrogen) atoms. The highest BCUT2D eigenvalue weighted by Gasteiger charge is 2.23. The first-order chi connectivity index (χ1) is 16.0. The van der Waals surface area contributed by atoms with Crippen LogP contribution in [0.25, 0.3) is 27.5 Å². The normalized spacial score (nSPS) is 12.5. The van der Waals surface area contributed by atoms with Crippen molar-refractivity contribution in [3.05, 3.63) is 94.3 Å². The average molecular weight is 458 g/mol. The van der Waals surface area contributed by atoms with Crippen molar-refractivity contribution >= 4 is 39.2 Å². The number of hydrogen-bond donors (Lipinski definition) is 2. The van der Waals surface area contributed by atoms with Gasteiger partial charge in [-0.1, -0.05) is 55.8 Å². The van der Waals surface area contributed by atoms with Crippen LogP contribution in [-0.2, 0) is 0 Å². The maximum absolute atomic E-state index is 13.8. The predicted octanol–water partition coefficient (Wildman–Crippen LogP) is 6.11. The van der Waals surface area contributed by atoms with Crippen molar-refractivity contribution in [3.63, 3.8) is 0 Å². The van der Waals surface area contributed by atoms with Crippen molar-refractivity contribution in [2.75, 3.05) is 5.32 Å². The summed E-state index contributed by atoms with van der Waals surface area (Å²) in [5.41, 5.74) is 3.18. The minimum Gasteiger partial charge on any atom is -0.360 e. The second kappa shape index (κ2) is 8.71. The summed E-state index contributed by atoms with van der Waals surface area (Å²) in [6, 6.07) is 19.0. The van der Waals surface area contributed by atoms with Gasteiger partial charge < -0.3 is 10.3 Å². The van der Waals surface area contributed by atoms with Crippen LogP contribution >= 0.6 is 11.6 Å². The van der Waals surface area contributed by atoms with Crippen molar-refractivity contribution < 1.29 is 0 Å². The molecule has 2 aromatic carbocycles. The monoisotopic (exact) mass is 457 g/mol. The van der Waals surface area contributed by atoms with Gasteiger partial charge in [-0.15, -0.1) is 0 Å². The Morgan fingerprint density at radius 3 is 2.67 bits per heavy atom. The predicted molar refractivity (Wildman–Crippen MR) is 134 cm³/mol. The molecule has 7 heteroatoms. The van der Waals surface area contributed by atoms with Crippen LogP contribution in [0.4, 0.5) is 5.82 Å². The lowest BCUT2D eigenvalue weighted by Crippen LogP contribution is -2.27. The zero-order chi connectivity index (χ0) is 22.9. The molecular weight excluding hydrogens is 434 g/mol. The summed E-state index contributed by atoms with van der Waals surface area (Å²) in [7, 11) is 0. The molecule has 5 aromatic rings. The molecule has 2 N–H and O–H groups in total. The van der Waals surface area contributed by atoms with Crippen molar-refractivity contribution in [1.82, 2.24) is 19.5 Å². The first-order valence-electron chi connectivity index (χ1n) is 11.0. The van der Waals surface area contributed by atoms with Gasteiger partial charge in [-0.25, -0.2) is 9.97 Å². The second-order valence-electron chi connectivity index (χ2n) is 8.53. The Hall–Kier alpha value is -3.64. The number of H-pyrrole nitrogens is 1. The Morgan fingerprint density at radius 1 is 1.06 bits per heavy atom. The lowest BCUT2D eigenvalue weighted by molar-refractivity contribution is 0.516. The van der Waals surface area contributed by atoms with Crippen LogP contribution in [0.15, 0.2) is 78.0 Å². The second-order valence-corrected chi connectivity index (χ2v) is 8.94. The molecule has 166 valence electrons. The molecule has 0 aliphatic heterocycles. The van der Waals surface area contributed by atoms with E-state index in [1.165, 1.54) is 0 Å². The Balaban J connectivity index is 1.76. The van der Waals surface area contributed by atoms with E-state index in [2.05, 4.69) is 40.2 Å². The van der Waals surface area contributed by atoms with E-state index in [4.69, 9.17) is 11.6 Å². The Kier molecular flexibility index (Phi) is 5.60. The SMILES string of the molecule is CC(C)C[C@H](Nc1nccc2[nH]cnc12)c1cc2cccc(Cl)c2c(=O)n1-c1ccccc1. The number of imidazole rings is 1. The summed E-state index contributed by atoms with van der Waals surface area (Å²) in [6.07, 6.45) is 4.20. The van der Waals surface area contributed by atoms with Crippen LogP contribution in [0.2, 0.25) is 5.02 Å². The first-order valence-corrected chi connectivity index (χ1v) is 11.3. The molecule has 0 spiro atoms. The number of aromatic amines is 1. The lowest BCUT2D eigenvalue weighted by Gasteiger charge is -2.26. The quantitative estimate of drug-likeness (QED) is 0.322. The van der Waals surface area contributed by atoms with Gasteiger partial charge >= 0.3 is 0 Å². The number of nitrogens with one attached hydrogen (secondary N) is 2. The minimum atomic E-state index is -0.184. The number of rotatable bonds is 6. The molecule has 6 nitrogen and oxygen atoms in total. The largest absolute Gasteiger partial charge is 0.360 e. The van der Waals surface area contributed by atoms with Gasteiger partial charge in [0.2, 0.25) is 0 Å². The van der Waals surface area contributed by atoms with E-state index in [0.29, 0.717) is 22.1 Å². The molecule has 3 aromatic heterocycles. The van der Waals surface area contributed by atoms with Gasteiger partial charge in [0, 0.05) is 17.6 Å². The van der Waals surface area contributed by atoms with Gasteiger partial charge in [-0.05, 0) is 48.1 Å². The number of hydrogen-bond acceptors (Lipinski definition) is 4. The molecule has 0 fully saturated rings. The van der Waals surface area contributed by atoms with Crippen LogP contribution in [0.3, 0.4) is 0 Å². The van der Waals surface area contributed by atoms with Gasteiger partial charge in [0.15, 0.2) is 5.82 Å². The van der Waals surface area contributed by atoms with E-state index < -0.39 is 0 Å². The number of fused-ring (bicyclic) bond motifs is 2.